The molecule has 0 spiro atoms. The van der Waals surface area contributed by atoms with Gasteiger partial charge in [-0.3, -0.25) is 0 Å². The molecule has 0 aliphatic heterocycles. The molecular weight excluding hydrogens is 225 g/mol. The van der Waals surface area contributed by atoms with E-state index in [9.17, 15) is 4.39 Å². The van der Waals surface area contributed by atoms with E-state index in [4.69, 9.17) is 10.8 Å². The van der Waals surface area contributed by atoms with E-state index in [0.29, 0.717) is 17.6 Å². The largest absolute Gasteiger partial charge is 0.396 e. The Kier molecular flexibility index (Phi) is 2.06. The summed E-state index contributed by atoms with van der Waals surface area (Å²) in [4.78, 5) is 11.9. The van der Waals surface area contributed by atoms with Gasteiger partial charge in [0.05, 0.1) is 12.9 Å². The van der Waals surface area contributed by atoms with Crippen LogP contribution in [0.15, 0.2) is 12.7 Å². The van der Waals surface area contributed by atoms with Crippen LogP contribution in [0.3, 0.4) is 0 Å². The fourth-order valence-electron chi connectivity index (χ4n) is 2.07. The van der Waals surface area contributed by atoms with Crippen LogP contribution in [0.4, 0.5) is 10.2 Å². The van der Waals surface area contributed by atoms with Crippen molar-refractivity contribution in [1.82, 2.24) is 19.5 Å². The molecule has 0 amide bonds. The molecule has 90 valence electrons. The lowest BCUT2D eigenvalue weighted by atomic mass is 10.3. The first-order valence-electron chi connectivity index (χ1n) is 5.35. The third kappa shape index (κ3) is 1.54. The maximum absolute atomic E-state index is 14.1. The van der Waals surface area contributed by atoms with Crippen LogP contribution in [0.2, 0.25) is 0 Å². The molecule has 6 nitrogen and oxygen atoms in total. The Morgan fingerprint density at radius 1 is 1.53 bits per heavy atom. The first-order valence-corrected chi connectivity index (χ1v) is 5.35. The Morgan fingerprint density at radius 2 is 2.35 bits per heavy atom. The SMILES string of the molecule is Nc1ncnc2c1ncn2C[C@@]1(F)C[C@H]1CO. The molecule has 0 saturated heterocycles. The standard InChI is InChI=1S/C10H12FN5O/c11-10(1-6(10)2-17)3-16-5-15-7-8(12)13-4-14-9(7)16/h4-6,17H,1-3H2,(H2,12,13,14)/t6-,10-/m0/s1. The van der Waals surface area contributed by atoms with E-state index in [2.05, 4.69) is 15.0 Å². The fraction of sp³-hybridized carbons (Fsp3) is 0.500. The quantitative estimate of drug-likeness (QED) is 0.791. The number of fused-ring (bicyclic) bond motifs is 1. The molecule has 1 aliphatic rings. The van der Waals surface area contributed by atoms with Gasteiger partial charge in [-0.25, -0.2) is 19.3 Å². The third-order valence-electron chi connectivity index (χ3n) is 3.24. The number of aliphatic hydroxyl groups is 1. The summed E-state index contributed by atoms with van der Waals surface area (Å²) < 4.78 is 15.7. The number of nitrogen functional groups attached to an aromatic ring is 1. The zero-order chi connectivity index (χ0) is 12.0. The molecule has 0 aromatic carbocycles. The number of aliphatic hydroxyl groups excluding tert-OH is 1. The van der Waals surface area contributed by atoms with Gasteiger partial charge in [-0.1, -0.05) is 0 Å². The second-order valence-corrected chi connectivity index (χ2v) is 4.42. The van der Waals surface area contributed by atoms with Crippen molar-refractivity contribution >= 4 is 17.0 Å². The van der Waals surface area contributed by atoms with Crippen molar-refractivity contribution in [2.24, 2.45) is 5.92 Å². The Labute approximate surface area is 96.3 Å². The van der Waals surface area contributed by atoms with Gasteiger partial charge in [-0.2, -0.15) is 0 Å². The Hall–Kier alpha value is -1.76. The summed E-state index contributed by atoms with van der Waals surface area (Å²) in [6, 6.07) is 0. The number of hydrogen-bond acceptors (Lipinski definition) is 5. The molecule has 7 heteroatoms. The van der Waals surface area contributed by atoms with Crippen molar-refractivity contribution in [2.75, 3.05) is 12.3 Å². The number of aromatic nitrogens is 4. The number of nitrogens with zero attached hydrogens (tertiary/aromatic N) is 4. The summed E-state index contributed by atoms with van der Waals surface area (Å²) in [5, 5.41) is 8.92. The van der Waals surface area contributed by atoms with Crippen LogP contribution in [0.25, 0.3) is 11.2 Å². The van der Waals surface area contributed by atoms with Crippen molar-refractivity contribution in [3.05, 3.63) is 12.7 Å². The van der Waals surface area contributed by atoms with Gasteiger partial charge in [-0.15, -0.1) is 0 Å². The molecule has 2 atom stereocenters. The lowest BCUT2D eigenvalue weighted by Gasteiger charge is -2.08. The first kappa shape index (κ1) is 10.4. The van der Waals surface area contributed by atoms with E-state index in [0.717, 1.165) is 0 Å². The lowest BCUT2D eigenvalue weighted by molar-refractivity contribution is 0.194. The summed E-state index contributed by atoms with van der Waals surface area (Å²) in [7, 11) is 0. The highest BCUT2D eigenvalue weighted by Crippen LogP contribution is 2.48. The third-order valence-corrected chi connectivity index (χ3v) is 3.24. The predicted molar refractivity (Wildman–Crippen MR) is 58.8 cm³/mol. The Morgan fingerprint density at radius 3 is 3.06 bits per heavy atom. The number of rotatable bonds is 3. The number of anilines is 1. The molecule has 17 heavy (non-hydrogen) atoms. The van der Waals surface area contributed by atoms with Crippen LogP contribution in [0.5, 0.6) is 0 Å². The van der Waals surface area contributed by atoms with Gasteiger partial charge >= 0.3 is 0 Å². The fourth-order valence-corrected chi connectivity index (χ4v) is 2.07. The minimum atomic E-state index is -1.35. The summed E-state index contributed by atoms with van der Waals surface area (Å²) in [6.45, 7) is 0.0193. The Balaban J connectivity index is 1.94. The van der Waals surface area contributed by atoms with Gasteiger partial charge in [0.15, 0.2) is 11.5 Å². The van der Waals surface area contributed by atoms with Crippen LogP contribution in [0, 0.1) is 5.92 Å². The number of hydrogen-bond donors (Lipinski definition) is 2. The molecule has 2 heterocycles. The van der Waals surface area contributed by atoms with Crippen LogP contribution in [-0.4, -0.2) is 36.9 Å². The number of halogens is 1. The molecule has 2 aromatic rings. The van der Waals surface area contributed by atoms with E-state index < -0.39 is 5.67 Å². The maximum Gasteiger partial charge on any atom is 0.165 e. The molecule has 3 N–H and O–H groups in total. The molecule has 0 radical (unpaired) electrons. The minimum Gasteiger partial charge on any atom is -0.396 e. The average molecular weight is 237 g/mol. The van der Waals surface area contributed by atoms with Crippen LogP contribution in [-0.2, 0) is 6.54 Å². The number of alkyl halides is 1. The molecule has 0 unspecified atom stereocenters. The van der Waals surface area contributed by atoms with E-state index in [-0.39, 0.29) is 24.9 Å². The van der Waals surface area contributed by atoms with Crippen molar-refractivity contribution in [1.29, 1.82) is 0 Å². The average Bonchev–Trinajstić information content (AvgIpc) is 2.78. The molecule has 2 aromatic heterocycles. The van der Waals surface area contributed by atoms with Crippen molar-refractivity contribution < 1.29 is 9.50 Å². The van der Waals surface area contributed by atoms with Gasteiger partial charge in [0.25, 0.3) is 0 Å². The molecule has 1 fully saturated rings. The zero-order valence-corrected chi connectivity index (χ0v) is 9.04. The zero-order valence-electron chi connectivity index (χ0n) is 9.04. The minimum absolute atomic E-state index is 0.125. The summed E-state index contributed by atoms with van der Waals surface area (Å²) in [6.07, 6.45) is 3.21. The molecule has 1 aliphatic carbocycles. The lowest BCUT2D eigenvalue weighted by Crippen LogP contribution is -2.16. The molecule has 1 saturated carbocycles. The van der Waals surface area contributed by atoms with Crippen LogP contribution < -0.4 is 5.73 Å². The van der Waals surface area contributed by atoms with Gasteiger partial charge in [0.2, 0.25) is 0 Å². The highest BCUT2D eigenvalue weighted by Gasteiger charge is 2.55. The van der Waals surface area contributed by atoms with Crippen LogP contribution >= 0.6 is 0 Å². The second kappa shape index (κ2) is 3.36. The van der Waals surface area contributed by atoms with Crippen LogP contribution in [0.1, 0.15) is 6.42 Å². The number of imidazole rings is 1. The van der Waals surface area contributed by atoms with Crippen molar-refractivity contribution in [2.45, 2.75) is 18.6 Å². The topological polar surface area (TPSA) is 89.9 Å². The monoisotopic (exact) mass is 237 g/mol. The second-order valence-electron chi connectivity index (χ2n) is 4.42. The molecule has 3 rings (SSSR count). The van der Waals surface area contributed by atoms with Crippen molar-refractivity contribution in [3.8, 4) is 0 Å². The van der Waals surface area contributed by atoms with Gasteiger partial charge in [0, 0.05) is 12.5 Å². The smallest absolute Gasteiger partial charge is 0.165 e. The van der Waals surface area contributed by atoms with E-state index in [1.54, 1.807) is 4.57 Å². The maximum atomic E-state index is 14.1. The van der Waals surface area contributed by atoms with Gasteiger partial charge in [-0.05, 0) is 6.42 Å². The molecular formula is C10H12FN5O. The highest BCUT2D eigenvalue weighted by atomic mass is 19.1. The molecule has 0 bridgehead atoms. The van der Waals surface area contributed by atoms with E-state index in [1.807, 2.05) is 0 Å². The predicted octanol–water partition coefficient (Wildman–Crippen LogP) is 0.129. The number of nitrogens with two attached hydrogens (primary N) is 1. The first-order chi connectivity index (χ1) is 8.14. The van der Waals surface area contributed by atoms with Gasteiger partial charge in [0.1, 0.15) is 17.5 Å². The van der Waals surface area contributed by atoms with E-state index in [1.165, 1.54) is 12.7 Å². The highest BCUT2D eigenvalue weighted by molar-refractivity contribution is 5.81. The van der Waals surface area contributed by atoms with Gasteiger partial charge < -0.3 is 15.4 Å². The summed E-state index contributed by atoms with van der Waals surface area (Å²) in [5.74, 6) is 0.00953. The van der Waals surface area contributed by atoms with E-state index >= 15 is 0 Å². The summed E-state index contributed by atoms with van der Waals surface area (Å²) in [5.41, 5.74) is 5.31. The van der Waals surface area contributed by atoms with Crippen molar-refractivity contribution in [3.63, 3.8) is 0 Å². The Bertz CT molecular complexity index is 571. The summed E-state index contributed by atoms with van der Waals surface area (Å²) >= 11 is 0. The normalized spacial score (nSPS) is 27.5.